The van der Waals surface area contributed by atoms with Crippen molar-refractivity contribution >= 4 is 0 Å². The van der Waals surface area contributed by atoms with Crippen LogP contribution in [0.25, 0.3) is 0 Å². The largest absolute Gasteiger partial charge is 0.292 e. The van der Waals surface area contributed by atoms with E-state index in [-0.39, 0.29) is 0 Å². The van der Waals surface area contributed by atoms with Gasteiger partial charge in [0.2, 0.25) is 0 Å². The molecule has 1 fully saturated rings. The molecule has 0 saturated carbocycles. The maximum Gasteiger partial charge on any atom is 0.0598 e. The van der Waals surface area contributed by atoms with Gasteiger partial charge in [-0.05, 0) is 31.3 Å². The van der Waals surface area contributed by atoms with Crippen LogP contribution < -0.4 is 0 Å². The van der Waals surface area contributed by atoms with Crippen molar-refractivity contribution in [2.24, 2.45) is 5.41 Å². The molecule has 1 nitrogen and oxygen atoms in total. The first-order valence-corrected chi connectivity index (χ1v) is 4.86. The second kappa shape index (κ2) is 3.96. The van der Waals surface area contributed by atoms with Crippen molar-refractivity contribution in [3.8, 4) is 12.3 Å². The zero-order valence-electron chi connectivity index (χ0n) is 8.27. The molecular formula is C11H19N. The number of likely N-dealkylation sites (tertiary alicyclic amines) is 1. The molecule has 0 aromatic rings. The van der Waals surface area contributed by atoms with Gasteiger partial charge < -0.3 is 0 Å². The van der Waals surface area contributed by atoms with E-state index >= 15 is 0 Å². The van der Waals surface area contributed by atoms with Crippen molar-refractivity contribution in [1.29, 1.82) is 0 Å². The van der Waals surface area contributed by atoms with E-state index in [1.165, 1.54) is 32.4 Å². The Kier molecular flexibility index (Phi) is 3.17. The molecule has 0 atom stereocenters. The summed E-state index contributed by atoms with van der Waals surface area (Å²) < 4.78 is 0. The fourth-order valence-electron chi connectivity index (χ4n) is 1.73. The molecule has 12 heavy (non-hydrogen) atoms. The molecule has 0 unspecified atom stereocenters. The van der Waals surface area contributed by atoms with E-state index in [1.807, 2.05) is 0 Å². The third-order valence-electron chi connectivity index (χ3n) is 3.23. The molecule has 1 aliphatic rings. The topological polar surface area (TPSA) is 3.24 Å². The molecule has 1 saturated heterocycles. The Morgan fingerprint density at radius 2 is 2.00 bits per heavy atom. The smallest absolute Gasteiger partial charge is 0.0598 e. The zero-order chi connectivity index (χ0) is 9.03. The van der Waals surface area contributed by atoms with E-state index < -0.39 is 0 Å². The lowest BCUT2D eigenvalue weighted by Gasteiger charge is -2.38. The van der Waals surface area contributed by atoms with Gasteiger partial charge in [0.05, 0.1) is 6.54 Å². The summed E-state index contributed by atoms with van der Waals surface area (Å²) in [5.74, 6) is 2.71. The lowest BCUT2D eigenvalue weighted by molar-refractivity contribution is 0.126. The highest BCUT2D eigenvalue weighted by atomic mass is 15.1. The molecule has 1 aliphatic heterocycles. The Morgan fingerprint density at radius 3 is 2.42 bits per heavy atom. The minimum Gasteiger partial charge on any atom is -0.292 e. The maximum atomic E-state index is 5.27. The van der Waals surface area contributed by atoms with Gasteiger partial charge in [0, 0.05) is 0 Å². The van der Waals surface area contributed by atoms with Crippen LogP contribution in [0.4, 0.5) is 0 Å². The first-order valence-electron chi connectivity index (χ1n) is 4.86. The molecule has 1 rings (SSSR count). The second-order valence-electron chi connectivity index (χ2n) is 4.14. The van der Waals surface area contributed by atoms with Crippen LogP contribution in [0.15, 0.2) is 0 Å². The average molecular weight is 165 g/mol. The van der Waals surface area contributed by atoms with Gasteiger partial charge in [-0.2, -0.15) is 0 Å². The van der Waals surface area contributed by atoms with Gasteiger partial charge >= 0.3 is 0 Å². The number of nitrogens with zero attached hydrogens (tertiary/aromatic N) is 1. The Balaban J connectivity index is 2.35. The van der Waals surface area contributed by atoms with Gasteiger partial charge in [-0.3, -0.25) is 4.90 Å². The third-order valence-corrected chi connectivity index (χ3v) is 3.23. The van der Waals surface area contributed by atoms with E-state index in [0.717, 1.165) is 6.54 Å². The van der Waals surface area contributed by atoms with Crippen LogP contribution >= 0.6 is 0 Å². The van der Waals surface area contributed by atoms with E-state index in [4.69, 9.17) is 6.42 Å². The van der Waals surface area contributed by atoms with Crippen molar-refractivity contribution in [3.05, 3.63) is 0 Å². The van der Waals surface area contributed by atoms with Crippen LogP contribution in [0.3, 0.4) is 0 Å². The first kappa shape index (κ1) is 9.61. The highest BCUT2D eigenvalue weighted by Gasteiger charge is 2.27. The van der Waals surface area contributed by atoms with Gasteiger partial charge in [-0.15, -0.1) is 6.42 Å². The fourth-order valence-corrected chi connectivity index (χ4v) is 1.73. The Hall–Kier alpha value is -0.480. The lowest BCUT2D eigenvalue weighted by atomic mass is 9.78. The van der Waals surface area contributed by atoms with E-state index in [0.29, 0.717) is 5.41 Å². The Bertz CT molecular complexity index is 170. The summed E-state index contributed by atoms with van der Waals surface area (Å²) in [7, 11) is 0. The highest BCUT2D eigenvalue weighted by molar-refractivity contribution is 4.91. The SMILES string of the molecule is C#CCN1CCC(C)(CC)CC1. The van der Waals surface area contributed by atoms with Gasteiger partial charge in [0.15, 0.2) is 0 Å². The van der Waals surface area contributed by atoms with Crippen LogP contribution in [0.1, 0.15) is 33.1 Å². The first-order chi connectivity index (χ1) is 5.70. The molecule has 0 amide bonds. The summed E-state index contributed by atoms with van der Waals surface area (Å²) in [6.07, 6.45) is 9.19. The lowest BCUT2D eigenvalue weighted by Crippen LogP contribution is -2.38. The van der Waals surface area contributed by atoms with Gasteiger partial charge in [0.25, 0.3) is 0 Å². The van der Waals surface area contributed by atoms with Crippen LogP contribution in [-0.4, -0.2) is 24.5 Å². The van der Waals surface area contributed by atoms with Crippen LogP contribution in [0, 0.1) is 17.8 Å². The Morgan fingerprint density at radius 1 is 1.42 bits per heavy atom. The standard InChI is InChI=1S/C11H19N/c1-4-8-12-9-6-11(3,5-2)7-10-12/h1H,5-10H2,2-3H3. The summed E-state index contributed by atoms with van der Waals surface area (Å²) in [5.41, 5.74) is 0.588. The van der Waals surface area contributed by atoms with Crippen molar-refractivity contribution in [2.75, 3.05) is 19.6 Å². The van der Waals surface area contributed by atoms with Gasteiger partial charge in [-0.1, -0.05) is 26.2 Å². The number of piperidine rings is 1. The molecule has 68 valence electrons. The normalized spacial score (nSPS) is 23.4. The van der Waals surface area contributed by atoms with E-state index in [9.17, 15) is 0 Å². The average Bonchev–Trinajstić information content (AvgIpc) is 2.10. The molecule has 0 aromatic carbocycles. The molecule has 1 heterocycles. The van der Waals surface area contributed by atoms with Gasteiger partial charge in [-0.25, -0.2) is 0 Å². The van der Waals surface area contributed by atoms with Gasteiger partial charge in [0.1, 0.15) is 0 Å². The quantitative estimate of drug-likeness (QED) is 0.567. The van der Waals surface area contributed by atoms with Crippen molar-refractivity contribution in [2.45, 2.75) is 33.1 Å². The van der Waals surface area contributed by atoms with E-state index in [2.05, 4.69) is 24.7 Å². The molecule has 0 aliphatic carbocycles. The van der Waals surface area contributed by atoms with Crippen molar-refractivity contribution in [1.82, 2.24) is 4.90 Å². The predicted octanol–water partition coefficient (Wildman–Crippen LogP) is 2.13. The summed E-state index contributed by atoms with van der Waals surface area (Å²) >= 11 is 0. The summed E-state index contributed by atoms with van der Waals surface area (Å²) in [6.45, 7) is 7.89. The minimum absolute atomic E-state index is 0.588. The molecule has 0 N–H and O–H groups in total. The third kappa shape index (κ3) is 2.25. The number of terminal acetylenes is 1. The summed E-state index contributed by atoms with van der Waals surface area (Å²) in [4.78, 5) is 2.37. The van der Waals surface area contributed by atoms with Crippen molar-refractivity contribution in [3.63, 3.8) is 0 Å². The summed E-state index contributed by atoms with van der Waals surface area (Å²) in [5, 5.41) is 0. The fraction of sp³-hybridized carbons (Fsp3) is 0.818. The number of rotatable bonds is 2. The van der Waals surface area contributed by atoms with Crippen LogP contribution in [-0.2, 0) is 0 Å². The minimum atomic E-state index is 0.588. The van der Waals surface area contributed by atoms with Crippen LogP contribution in [0.2, 0.25) is 0 Å². The number of hydrogen-bond acceptors (Lipinski definition) is 1. The Labute approximate surface area is 76.1 Å². The maximum absolute atomic E-state index is 5.27. The molecule has 0 bridgehead atoms. The molecule has 0 aromatic heterocycles. The molecule has 0 radical (unpaired) electrons. The number of hydrogen-bond donors (Lipinski definition) is 0. The zero-order valence-corrected chi connectivity index (χ0v) is 8.27. The second-order valence-corrected chi connectivity index (χ2v) is 4.14. The molecule has 0 spiro atoms. The molecular weight excluding hydrogens is 146 g/mol. The van der Waals surface area contributed by atoms with Crippen molar-refractivity contribution < 1.29 is 0 Å². The molecule has 1 heteroatoms. The predicted molar refractivity (Wildman–Crippen MR) is 52.9 cm³/mol. The monoisotopic (exact) mass is 165 g/mol. The summed E-state index contributed by atoms with van der Waals surface area (Å²) in [6, 6.07) is 0. The van der Waals surface area contributed by atoms with E-state index in [1.54, 1.807) is 0 Å². The highest BCUT2D eigenvalue weighted by Crippen LogP contribution is 2.33. The van der Waals surface area contributed by atoms with Crippen LogP contribution in [0.5, 0.6) is 0 Å².